The molecule has 3 nitrogen and oxygen atoms in total. The van der Waals surface area contributed by atoms with E-state index < -0.39 is 0 Å². The molecule has 0 saturated carbocycles. The van der Waals surface area contributed by atoms with Gasteiger partial charge in [-0.1, -0.05) is 27.7 Å². The normalized spacial score (nSPS) is 13.6. The topological polar surface area (TPSA) is 55.1 Å². The Morgan fingerprint density at radius 3 is 2.00 bits per heavy atom. The Kier molecular flexibility index (Phi) is 7.39. The molecule has 0 rings (SSSR count). The number of nitrogens with two attached hydrogens (primary N) is 1. The van der Waals surface area contributed by atoms with Crippen molar-refractivity contribution in [2.75, 3.05) is 6.54 Å². The maximum absolute atomic E-state index is 11.5. The number of amides is 1. The molecule has 0 aliphatic carbocycles. The lowest BCUT2D eigenvalue weighted by atomic mass is 9.85. The van der Waals surface area contributed by atoms with Gasteiger partial charge in [0, 0.05) is 19.0 Å². The van der Waals surface area contributed by atoms with E-state index >= 15 is 0 Å². The molecule has 0 aliphatic rings. The van der Waals surface area contributed by atoms with Gasteiger partial charge in [0.2, 0.25) is 5.91 Å². The molecule has 1 unspecified atom stereocenters. The Morgan fingerprint density at radius 1 is 1.12 bits per heavy atom. The van der Waals surface area contributed by atoms with E-state index in [0.29, 0.717) is 24.2 Å². The number of nitrogens with one attached hydrogen (secondary N) is 1. The molecule has 0 heterocycles. The van der Waals surface area contributed by atoms with Crippen molar-refractivity contribution >= 4 is 5.91 Å². The van der Waals surface area contributed by atoms with E-state index in [1.165, 1.54) is 0 Å². The average molecular weight is 228 g/mol. The van der Waals surface area contributed by atoms with Crippen molar-refractivity contribution < 1.29 is 4.79 Å². The molecule has 96 valence electrons. The van der Waals surface area contributed by atoms with Crippen molar-refractivity contribution in [2.45, 2.75) is 53.5 Å². The van der Waals surface area contributed by atoms with Crippen LogP contribution in [0.5, 0.6) is 0 Å². The molecule has 1 atom stereocenters. The van der Waals surface area contributed by atoms with Gasteiger partial charge in [-0.25, -0.2) is 0 Å². The standard InChI is InChI=1S/C13H28N2O/c1-9(2)12(10(3)4)8-15-13(16)7-6-11(5)14/h9-12H,6-8,14H2,1-5H3,(H,15,16). The molecule has 0 aromatic heterocycles. The lowest BCUT2D eigenvalue weighted by Gasteiger charge is -2.25. The minimum Gasteiger partial charge on any atom is -0.356 e. The molecule has 0 aliphatic heterocycles. The lowest BCUT2D eigenvalue weighted by Crippen LogP contribution is -2.34. The third-order valence-corrected chi connectivity index (χ3v) is 3.07. The Hall–Kier alpha value is -0.570. The number of carbonyl (C=O) groups is 1. The van der Waals surface area contributed by atoms with E-state index in [-0.39, 0.29) is 11.9 Å². The van der Waals surface area contributed by atoms with E-state index in [4.69, 9.17) is 5.73 Å². The summed E-state index contributed by atoms with van der Waals surface area (Å²) in [4.78, 5) is 11.5. The van der Waals surface area contributed by atoms with Crippen LogP contribution in [0.2, 0.25) is 0 Å². The molecule has 0 radical (unpaired) electrons. The first kappa shape index (κ1) is 15.4. The van der Waals surface area contributed by atoms with Gasteiger partial charge >= 0.3 is 0 Å². The molecule has 0 fully saturated rings. The fourth-order valence-corrected chi connectivity index (χ4v) is 1.92. The van der Waals surface area contributed by atoms with Crippen molar-refractivity contribution in [2.24, 2.45) is 23.5 Å². The number of carbonyl (C=O) groups excluding carboxylic acids is 1. The second-order valence-corrected chi connectivity index (χ2v) is 5.47. The molecule has 3 heteroatoms. The largest absolute Gasteiger partial charge is 0.356 e. The summed E-state index contributed by atoms with van der Waals surface area (Å²) in [5, 5.41) is 3.01. The predicted molar refractivity (Wildman–Crippen MR) is 69.1 cm³/mol. The van der Waals surface area contributed by atoms with Crippen molar-refractivity contribution in [3.63, 3.8) is 0 Å². The van der Waals surface area contributed by atoms with Crippen LogP contribution in [0.4, 0.5) is 0 Å². The quantitative estimate of drug-likeness (QED) is 0.701. The number of rotatable bonds is 7. The first-order valence-electron chi connectivity index (χ1n) is 6.36. The first-order chi connectivity index (χ1) is 7.34. The molecular weight excluding hydrogens is 200 g/mol. The zero-order valence-corrected chi connectivity index (χ0v) is 11.4. The van der Waals surface area contributed by atoms with Crippen LogP contribution in [0.1, 0.15) is 47.5 Å². The highest BCUT2D eigenvalue weighted by molar-refractivity contribution is 5.75. The van der Waals surface area contributed by atoms with Crippen molar-refractivity contribution in [1.82, 2.24) is 5.32 Å². The minimum atomic E-state index is 0.108. The fourth-order valence-electron chi connectivity index (χ4n) is 1.92. The average Bonchev–Trinajstić information content (AvgIpc) is 2.13. The van der Waals surface area contributed by atoms with Crippen LogP contribution in [0, 0.1) is 17.8 Å². The van der Waals surface area contributed by atoms with E-state index in [9.17, 15) is 4.79 Å². The smallest absolute Gasteiger partial charge is 0.220 e. The predicted octanol–water partition coefficient (Wildman–Crippen LogP) is 2.16. The molecule has 0 aromatic carbocycles. The summed E-state index contributed by atoms with van der Waals surface area (Å²) in [7, 11) is 0. The molecule has 1 amide bonds. The number of hydrogen-bond donors (Lipinski definition) is 2. The third kappa shape index (κ3) is 6.83. The van der Waals surface area contributed by atoms with E-state index in [1.807, 2.05) is 6.92 Å². The van der Waals surface area contributed by atoms with Crippen LogP contribution in [0.15, 0.2) is 0 Å². The van der Waals surface area contributed by atoms with Gasteiger partial charge in [0.1, 0.15) is 0 Å². The summed E-state index contributed by atoms with van der Waals surface area (Å²) in [6.07, 6.45) is 1.31. The molecule has 0 aromatic rings. The van der Waals surface area contributed by atoms with Gasteiger partial charge in [0.05, 0.1) is 0 Å². The third-order valence-electron chi connectivity index (χ3n) is 3.07. The van der Waals surface area contributed by atoms with Gasteiger partial charge in [-0.3, -0.25) is 4.79 Å². The summed E-state index contributed by atoms with van der Waals surface area (Å²) in [6.45, 7) is 11.5. The molecule has 16 heavy (non-hydrogen) atoms. The second-order valence-electron chi connectivity index (χ2n) is 5.47. The van der Waals surface area contributed by atoms with Gasteiger partial charge in [-0.2, -0.15) is 0 Å². The molecule has 0 spiro atoms. The van der Waals surface area contributed by atoms with Crippen LogP contribution >= 0.6 is 0 Å². The Balaban J connectivity index is 3.88. The zero-order chi connectivity index (χ0) is 12.7. The van der Waals surface area contributed by atoms with Gasteiger partial charge in [0.15, 0.2) is 0 Å². The summed E-state index contributed by atoms with van der Waals surface area (Å²) >= 11 is 0. The molecule has 0 saturated heterocycles. The van der Waals surface area contributed by atoms with E-state index in [0.717, 1.165) is 13.0 Å². The Morgan fingerprint density at radius 2 is 1.62 bits per heavy atom. The van der Waals surface area contributed by atoms with E-state index in [1.54, 1.807) is 0 Å². The van der Waals surface area contributed by atoms with Crippen molar-refractivity contribution in [3.8, 4) is 0 Å². The highest BCUT2D eigenvalue weighted by Gasteiger charge is 2.17. The highest BCUT2D eigenvalue weighted by atomic mass is 16.1. The van der Waals surface area contributed by atoms with Crippen LogP contribution in [0.25, 0.3) is 0 Å². The zero-order valence-electron chi connectivity index (χ0n) is 11.4. The van der Waals surface area contributed by atoms with Gasteiger partial charge < -0.3 is 11.1 Å². The van der Waals surface area contributed by atoms with Gasteiger partial charge in [-0.05, 0) is 31.1 Å². The van der Waals surface area contributed by atoms with Crippen molar-refractivity contribution in [3.05, 3.63) is 0 Å². The van der Waals surface area contributed by atoms with Crippen LogP contribution in [-0.4, -0.2) is 18.5 Å². The maximum atomic E-state index is 11.5. The lowest BCUT2D eigenvalue weighted by molar-refractivity contribution is -0.121. The SMILES string of the molecule is CC(N)CCC(=O)NCC(C(C)C)C(C)C. The highest BCUT2D eigenvalue weighted by Crippen LogP contribution is 2.19. The van der Waals surface area contributed by atoms with E-state index in [2.05, 4.69) is 33.0 Å². The Bertz CT molecular complexity index is 192. The summed E-state index contributed by atoms with van der Waals surface area (Å²) < 4.78 is 0. The van der Waals surface area contributed by atoms with Crippen LogP contribution < -0.4 is 11.1 Å². The fraction of sp³-hybridized carbons (Fsp3) is 0.923. The molecular formula is C13H28N2O. The number of hydrogen-bond acceptors (Lipinski definition) is 2. The second kappa shape index (κ2) is 7.66. The van der Waals surface area contributed by atoms with Crippen LogP contribution in [0.3, 0.4) is 0 Å². The molecule has 0 bridgehead atoms. The monoisotopic (exact) mass is 228 g/mol. The van der Waals surface area contributed by atoms with Gasteiger partial charge in [0.25, 0.3) is 0 Å². The van der Waals surface area contributed by atoms with Crippen LogP contribution in [-0.2, 0) is 4.79 Å². The first-order valence-corrected chi connectivity index (χ1v) is 6.36. The van der Waals surface area contributed by atoms with Crippen molar-refractivity contribution in [1.29, 1.82) is 0 Å². The molecule has 3 N–H and O–H groups in total. The Labute approximate surface area is 100 Å². The summed E-state index contributed by atoms with van der Waals surface area (Å²) in [5.74, 6) is 1.89. The van der Waals surface area contributed by atoms with Gasteiger partial charge in [-0.15, -0.1) is 0 Å². The maximum Gasteiger partial charge on any atom is 0.220 e. The minimum absolute atomic E-state index is 0.108. The summed E-state index contributed by atoms with van der Waals surface area (Å²) in [6, 6.07) is 0.108. The summed E-state index contributed by atoms with van der Waals surface area (Å²) in [5.41, 5.74) is 5.61.